The monoisotopic (exact) mass is 247 g/mol. The second kappa shape index (κ2) is 5.29. The van der Waals surface area contributed by atoms with Gasteiger partial charge in [-0.3, -0.25) is 0 Å². The van der Waals surface area contributed by atoms with E-state index in [2.05, 4.69) is 17.4 Å². The van der Waals surface area contributed by atoms with Crippen molar-refractivity contribution in [3.8, 4) is 5.75 Å². The summed E-state index contributed by atoms with van der Waals surface area (Å²) < 4.78 is 11.4. The Balaban J connectivity index is 1.95. The van der Waals surface area contributed by atoms with Crippen LogP contribution in [0.25, 0.3) is 0 Å². The molecule has 0 amide bonds. The first-order valence-electron chi connectivity index (χ1n) is 6.90. The Bertz CT molecular complexity index is 425. The summed E-state index contributed by atoms with van der Waals surface area (Å²) >= 11 is 0. The maximum Gasteiger partial charge on any atom is 0.125 e. The number of benzene rings is 1. The van der Waals surface area contributed by atoms with Crippen molar-refractivity contribution in [1.82, 2.24) is 5.32 Å². The highest BCUT2D eigenvalue weighted by Crippen LogP contribution is 2.34. The largest absolute Gasteiger partial charge is 0.496 e. The number of hydrogen-bond acceptors (Lipinski definition) is 3. The quantitative estimate of drug-likeness (QED) is 0.869. The van der Waals surface area contributed by atoms with Crippen molar-refractivity contribution in [2.24, 2.45) is 0 Å². The van der Waals surface area contributed by atoms with Crippen LogP contribution in [-0.2, 0) is 17.6 Å². The molecule has 1 atom stereocenters. The number of ether oxygens (including phenoxy) is 2. The molecule has 0 bridgehead atoms. The van der Waals surface area contributed by atoms with Crippen LogP contribution in [0.3, 0.4) is 0 Å². The van der Waals surface area contributed by atoms with Crippen LogP contribution in [0.1, 0.15) is 35.6 Å². The molecule has 1 heterocycles. The average molecular weight is 247 g/mol. The zero-order valence-electron chi connectivity index (χ0n) is 11.0. The highest BCUT2D eigenvalue weighted by atomic mass is 16.5. The maximum atomic E-state index is 5.86. The lowest BCUT2D eigenvalue weighted by Crippen LogP contribution is -2.33. The van der Waals surface area contributed by atoms with Gasteiger partial charge in [0, 0.05) is 18.7 Å². The third-order valence-corrected chi connectivity index (χ3v) is 3.97. The van der Waals surface area contributed by atoms with Crippen molar-refractivity contribution in [3.63, 3.8) is 0 Å². The molecule has 1 saturated heterocycles. The van der Waals surface area contributed by atoms with Crippen molar-refractivity contribution in [3.05, 3.63) is 28.8 Å². The van der Waals surface area contributed by atoms with Gasteiger partial charge in [-0.15, -0.1) is 0 Å². The maximum absolute atomic E-state index is 5.86. The molecule has 1 N–H and O–H groups in total. The number of morpholine rings is 1. The van der Waals surface area contributed by atoms with Crippen LogP contribution in [0.5, 0.6) is 5.75 Å². The molecule has 2 aliphatic rings. The molecular weight excluding hydrogens is 226 g/mol. The lowest BCUT2D eigenvalue weighted by molar-refractivity contribution is 0.0262. The van der Waals surface area contributed by atoms with Crippen LogP contribution >= 0.6 is 0 Å². The van der Waals surface area contributed by atoms with Crippen molar-refractivity contribution in [2.45, 2.75) is 31.8 Å². The van der Waals surface area contributed by atoms with Crippen molar-refractivity contribution in [1.29, 1.82) is 0 Å². The van der Waals surface area contributed by atoms with E-state index in [1.54, 1.807) is 7.11 Å². The minimum atomic E-state index is 0.140. The third-order valence-electron chi connectivity index (χ3n) is 3.97. The first kappa shape index (κ1) is 12.0. The van der Waals surface area contributed by atoms with Gasteiger partial charge in [0.15, 0.2) is 0 Å². The number of aryl methyl sites for hydroxylation is 2. The summed E-state index contributed by atoms with van der Waals surface area (Å²) in [5.41, 5.74) is 4.17. The fourth-order valence-corrected chi connectivity index (χ4v) is 2.98. The predicted molar refractivity (Wildman–Crippen MR) is 71.2 cm³/mol. The fourth-order valence-electron chi connectivity index (χ4n) is 2.98. The summed E-state index contributed by atoms with van der Waals surface area (Å²) in [6.45, 7) is 2.61. The van der Waals surface area contributed by atoms with E-state index in [1.807, 2.05) is 0 Å². The number of methoxy groups -OCH3 is 1. The molecule has 18 heavy (non-hydrogen) atoms. The Morgan fingerprint density at radius 1 is 1.22 bits per heavy atom. The highest BCUT2D eigenvalue weighted by molar-refractivity contribution is 5.45. The number of fused-ring (bicyclic) bond motifs is 1. The summed E-state index contributed by atoms with van der Waals surface area (Å²) in [5.74, 6) is 0.990. The smallest absolute Gasteiger partial charge is 0.125 e. The topological polar surface area (TPSA) is 30.5 Å². The number of nitrogens with one attached hydrogen (secondary N) is 1. The van der Waals surface area contributed by atoms with Crippen molar-refractivity contribution in [2.75, 3.05) is 26.8 Å². The predicted octanol–water partition coefficient (Wildman–Crippen LogP) is 2.23. The molecule has 0 aromatic heterocycles. The molecular formula is C15H21NO2. The molecule has 0 spiro atoms. The van der Waals surface area contributed by atoms with Gasteiger partial charge in [0.25, 0.3) is 0 Å². The van der Waals surface area contributed by atoms with Crippen LogP contribution in [0, 0.1) is 0 Å². The lowest BCUT2D eigenvalue weighted by atomic mass is 9.88. The lowest BCUT2D eigenvalue weighted by Gasteiger charge is -2.27. The summed E-state index contributed by atoms with van der Waals surface area (Å²) in [6, 6.07) is 4.53. The van der Waals surface area contributed by atoms with Crippen molar-refractivity contribution < 1.29 is 9.47 Å². The highest BCUT2D eigenvalue weighted by Gasteiger charge is 2.22. The van der Waals surface area contributed by atoms with E-state index >= 15 is 0 Å². The molecule has 0 radical (unpaired) electrons. The number of rotatable bonds is 2. The molecule has 0 saturated carbocycles. The van der Waals surface area contributed by atoms with Crippen LogP contribution < -0.4 is 10.1 Å². The molecule has 1 aliphatic heterocycles. The molecule has 3 nitrogen and oxygen atoms in total. The second-order valence-electron chi connectivity index (χ2n) is 5.13. The molecule has 98 valence electrons. The SMILES string of the molecule is COc1cc2c(cc1C1CNCCO1)CCCC2. The van der Waals surface area contributed by atoms with E-state index in [0.29, 0.717) is 0 Å². The Hall–Kier alpha value is -1.06. The van der Waals surface area contributed by atoms with Gasteiger partial charge in [-0.2, -0.15) is 0 Å². The van der Waals surface area contributed by atoms with E-state index in [1.165, 1.54) is 42.4 Å². The van der Waals surface area contributed by atoms with E-state index < -0.39 is 0 Å². The molecule has 3 rings (SSSR count). The van der Waals surface area contributed by atoms with Gasteiger partial charge < -0.3 is 14.8 Å². The molecule has 1 unspecified atom stereocenters. The summed E-state index contributed by atoms with van der Waals surface area (Å²) in [5, 5.41) is 3.38. The normalized spacial score (nSPS) is 23.5. The minimum absolute atomic E-state index is 0.140. The molecule has 3 heteroatoms. The van der Waals surface area contributed by atoms with E-state index in [0.717, 1.165) is 25.4 Å². The average Bonchev–Trinajstić information content (AvgIpc) is 2.46. The van der Waals surface area contributed by atoms with Gasteiger partial charge in [0.05, 0.1) is 19.8 Å². The third kappa shape index (κ3) is 2.25. The van der Waals surface area contributed by atoms with Crippen LogP contribution in [0.2, 0.25) is 0 Å². The zero-order valence-corrected chi connectivity index (χ0v) is 11.0. The first-order valence-corrected chi connectivity index (χ1v) is 6.90. The van der Waals surface area contributed by atoms with E-state index in [9.17, 15) is 0 Å². The van der Waals surface area contributed by atoms with E-state index in [4.69, 9.17) is 9.47 Å². The van der Waals surface area contributed by atoms with Gasteiger partial charge in [-0.1, -0.05) is 0 Å². The number of hydrogen-bond donors (Lipinski definition) is 1. The first-order chi connectivity index (χ1) is 8.88. The summed E-state index contributed by atoms with van der Waals surface area (Å²) in [7, 11) is 1.75. The molecule has 1 aromatic rings. The van der Waals surface area contributed by atoms with Gasteiger partial charge >= 0.3 is 0 Å². The zero-order chi connectivity index (χ0) is 12.4. The Kier molecular flexibility index (Phi) is 3.52. The van der Waals surface area contributed by atoms with Gasteiger partial charge in [-0.05, 0) is 48.9 Å². The van der Waals surface area contributed by atoms with Crippen molar-refractivity contribution >= 4 is 0 Å². The Morgan fingerprint density at radius 3 is 2.67 bits per heavy atom. The molecule has 1 aliphatic carbocycles. The van der Waals surface area contributed by atoms with Crippen LogP contribution in [0.4, 0.5) is 0 Å². The summed E-state index contributed by atoms with van der Waals surface area (Å²) in [4.78, 5) is 0. The molecule has 1 aromatic carbocycles. The minimum Gasteiger partial charge on any atom is -0.496 e. The Labute approximate surface area is 108 Å². The van der Waals surface area contributed by atoms with Gasteiger partial charge in [0.1, 0.15) is 5.75 Å². The van der Waals surface area contributed by atoms with Gasteiger partial charge in [0.2, 0.25) is 0 Å². The second-order valence-corrected chi connectivity index (χ2v) is 5.13. The standard InChI is InChI=1S/C15H21NO2/c1-17-14-9-12-5-3-2-4-11(12)8-13(14)15-10-16-6-7-18-15/h8-9,15-16H,2-7,10H2,1H3. The fraction of sp³-hybridized carbons (Fsp3) is 0.600. The summed E-state index contributed by atoms with van der Waals surface area (Å²) in [6.07, 6.45) is 5.14. The van der Waals surface area contributed by atoms with Crippen LogP contribution in [0.15, 0.2) is 12.1 Å². The van der Waals surface area contributed by atoms with Crippen LogP contribution in [-0.4, -0.2) is 26.8 Å². The Morgan fingerprint density at radius 2 is 2.00 bits per heavy atom. The van der Waals surface area contributed by atoms with E-state index in [-0.39, 0.29) is 6.10 Å². The van der Waals surface area contributed by atoms with Gasteiger partial charge in [-0.25, -0.2) is 0 Å². The molecule has 1 fully saturated rings.